The number of nitrogens with one attached hydrogen (secondary N) is 1. The van der Waals surface area contributed by atoms with Crippen molar-refractivity contribution in [1.29, 1.82) is 0 Å². The van der Waals surface area contributed by atoms with Crippen LogP contribution in [0.1, 0.15) is 39.3 Å². The van der Waals surface area contributed by atoms with E-state index in [0.717, 1.165) is 47.3 Å². The predicted octanol–water partition coefficient (Wildman–Crippen LogP) is 3.18. The van der Waals surface area contributed by atoms with E-state index < -0.39 is 0 Å². The van der Waals surface area contributed by atoms with Gasteiger partial charge in [0.05, 0.1) is 5.69 Å². The molecule has 5 rings (SSSR count). The van der Waals surface area contributed by atoms with Crippen LogP contribution in [0.2, 0.25) is 0 Å². The van der Waals surface area contributed by atoms with Gasteiger partial charge in [-0.25, -0.2) is 14.3 Å². The molecule has 1 N–H and O–H groups in total. The van der Waals surface area contributed by atoms with E-state index in [2.05, 4.69) is 34.5 Å². The molecule has 1 aliphatic rings. The fourth-order valence-electron chi connectivity index (χ4n) is 4.05. The average Bonchev–Trinajstić information content (AvgIpc) is 3.51. The molecule has 0 unspecified atom stereocenters. The van der Waals surface area contributed by atoms with Gasteiger partial charge in [0, 0.05) is 42.0 Å². The van der Waals surface area contributed by atoms with Crippen LogP contribution in [-0.4, -0.2) is 30.5 Å². The molecule has 0 fully saturated rings. The van der Waals surface area contributed by atoms with Gasteiger partial charge in [0.25, 0.3) is 5.91 Å². The van der Waals surface area contributed by atoms with Crippen LogP contribution in [0.3, 0.4) is 0 Å². The van der Waals surface area contributed by atoms with Crippen molar-refractivity contribution in [2.24, 2.45) is 0 Å². The van der Waals surface area contributed by atoms with E-state index in [4.69, 9.17) is 5.10 Å². The van der Waals surface area contributed by atoms with E-state index in [9.17, 15) is 4.79 Å². The zero-order chi connectivity index (χ0) is 20.5. The molecule has 0 spiro atoms. The van der Waals surface area contributed by atoms with Crippen LogP contribution in [0.4, 0.5) is 0 Å². The second-order valence-electron chi connectivity index (χ2n) is 7.45. The highest BCUT2D eigenvalue weighted by Crippen LogP contribution is 2.29. The minimum atomic E-state index is -0.157. The van der Waals surface area contributed by atoms with Gasteiger partial charge in [-0.1, -0.05) is 24.3 Å². The monoisotopic (exact) mass is 398 g/mol. The fourth-order valence-corrected chi connectivity index (χ4v) is 4.05. The molecule has 7 nitrogen and oxygen atoms in total. The Morgan fingerprint density at radius 1 is 1.10 bits per heavy atom. The number of aryl methyl sites for hydroxylation is 1. The van der Waals surface area contributed by atoms with Crippen LogP contribution in [0.25, 0.3) is 11.5 Å². The topological polar surface area (TPSA) is 77.6 Å². The Bertz CT molecular complexity index is 1210. The van der Waals surface area contributed by atoms with E-state index in [1.165, 1.54) is 0 Å². The zero-order valence-electron chi connectivity index (χ0n) is 16.7. The fraction of sp³-hybridized carbons (Fsp3) is 0.217. The summed E-state index contributed by atoms with van der Waals surface area (Å²) in [5.41, 5.74) is 5.80. The maximum atomic E-state index is 13.1. The number of benzene rings is 1. The van der Waals surface area contributed by atoms with Crippen molar-refractivity contribution in [1.82, 2.24) is 29.9 Å². The minimum absolute atomic E-state index is 0.157. The molecule has 7 heteroatoms. The van der Waals surface area contributed by atoms with Gasteiger partial charge in [-0.3, -0.25) is 4.79 Å². The van der Waals surface area contributed by atoms with Gasteiger partial charge in [-0.05, 0) is 49.9 Å². The number of amides is 1. The number of hydrogen-bond donors (Lipinski definition) is 1. The number of pyridine rings is 1. The molecule has 4 aromatic rings. The highest BCUT2D eigenvalue weighted by molar-refractivity contribution is 5.94. The third kappa shape index (κ3) is 3.18. The SMILES string of the molecule is Cc1ccccc1-n1nc(C(=O)NCc2cccnc2-n2cccn2)c2c1CCC2. The van der Waals surface area contributed by atoms with Crippen molar-refractivity contribution in [2.45, 2.75) is 32.7 Å². The zero-order valence-corrected chi connectivity index (χ0v) is 16.7. The lowest BCUT2D eigenvalue weighted by molar-refractivity contribution is 0.0944. The molecule has 1 amide bonds. The first-order chi connectivity index (χ1) is 14.7. The van der Waals surface area contributed by atoms with Gasteiger partial charge in [0.15, 0.2) is 11.5 Å². The van der Waals surface area contributed by atoms with Crippen molar-refractivity contribution in [3.63, 3.8) is 0 Å². The second-order valence-corrected chi connectivity index (χ2v) is 7.45. The maximum Gasteiger partial charge on any atom is 0.272 e. The molecule has 3 aromatic heterocycles. The number of carbonyl (C=O) groups is 1. The number of hydrogen-bond acceptors (Lipinski definition) is 4. The first-order valence-corrected chi connectivity index (χ1v) is 10.1. The van der Waals surface area contributed by atoms with Gasteiger partial charge in [0.1, 0.15) is 0 Å². The van der Waals surface area contributed by atoms with Crippen LogP contribution >= 0.6 is 0 Å². The maximum absolute atomic E-state index is 13.1. The van der Waals surface area contributed by atoms with E-state index in [1.807, 2.05) is 41.2 Å². The van der Waals surface area contributed by atoms with Crippen LogP contribution in [0.15, 0.2) is 61.1 Å². The van der Waals surface area contributed by atoms with Crippen molar-refractivity contribution in [3.05, 3.63) is 89.1 Å². The largest absolute Gasteiger partial charge is 0.346 e. The van der Waals surface area contributed by atoms with E-state index in [1.54, 1.807) is 17.1 Å². The Morgan fingerprint density at radius 2 is 2.00 bits per heavy atom. The van der Waals surface area contributed by atoms with Gasteiger partial charge in [-0.2, -0.15) is 10.2 Å². The lowest BCUT2D eigenvalue weighted by atomic mass is 10.1. The molecule has 0 atom stereocenters. The summed E-state index contributed by atoms with van der Waals surface area (Å²) >= 11 is 0. The van der Waals surface area contributed by atoms with Gasteiger partial charge in [0.2, 0.25) is 0 Å². The molecule has 150 valence electrons. The molecule has 0 radical (unpaired) electrons. The quantitative estimate of drug-likeness (QED) is 0.560. The van der Waals surface area contributed by atoms with E-state index >= 15 is 0 Å². The number of para-hydroxylation sites is 1. The van der Waals surface area contributed by atoms with Crippen LogP contribution < -0.4 is 5.32 Å². The highest BCUT2D eigenvalue weighted by Gasteiger charge is 2.27. The van der Waals surface area contributed by atoms with Crippen LogP contribution in [0, 0.1) is 6.92 Å². The third-order valence-electron chi connectivity index (χ3n) is 5.52. The number of rotatable bonds is 5. The standard InChI is InChI=1S/C23H22N6O/c1-16-7-2-3-10-19(16)29-20-11-4-9-18(20)21(27-29)23(30)25-15-17-8-5-12-24-22(17)28-14-6-13-26-28/h2-3,5-8,10,12-14H,4,9,11,15H2,1H3,(H,25,30). The van der Waals surface area contributed by atoms with Crippen molar-refractivity contribution < 1.29 is 4.79 Å². The first kappa shape index (κ1) is 18.3. The van der Waals surface area contributed by atoms with Crippen molar-refractivity contribution in [3.8, 4) is 11.5 Å². The predicted molar refractivity (Wildman–Crippen MR) is 113 cm³/mol. The normalized spacial score (nSPS) is 12.7. The number of fused-ring (bicyclic) bond motifs is 1. The molecule has 30 heavy (non-hydrogen) atoms. The molecule has 1 aromatic carbocycles. The van der Waals surface area contributed by atoms with Gasteiger partial charge in [-0.15, -0.1) is 0 Å². The second kappa shape index (κ2) is 7.59. The van der Waals surface area contributed by atoms with E-state index in [0.29, 0.717) is 18.1 Å². The number of carbonyl (C=O) groups excluding carboxylic acids is 1. The molecular formula is C23H22N6O. The Labute approximate surface area is 174 Å². The Morgan fingerprint density at radius 3 is 2.83 bits per heavy atom. The molecule has 0 saturated carbocycles. The molecule has 1 aliphatic carbocycles. The molecule has 3 heterocycles. The third-order valence-corrected chi connectivity index (χ3v) is 5.52. The molecule has 0 aliphatic heterocycles. The summed E-state index contributed by atoms with van der Waals surface area (Å²) in [5, 5.41) is 12.0. The Kier molecular flexibility index (Phi) is 4.63. The van der Waals surface area contributed by atoms with E-state index in [-0.39, 0.29) is 5.91 Å². The van der Waals surface area contributed by atoms with Crippen LogP contribution in [-0.2, 0) is 19.4 Å². The minimum Gasteiger partial charge on any atom is -0.346 e. The van der Waals surface area contributed by atoms with Crippen molar-refractivity contribution >= 4 is 5.91 Å². The van der Waals surface area contributed by atoms with Crippen molar-refractivity contribution in [2.75, 3.05) is 0 Å². The highest BCUT2D eigenvalue weighted by atomic mass is 16.1. The summed E-state index contributed by atoms with van der Waals surface area (Å²) in [4.78, 5) is 17.5. The summed E-state index contributed by atoms with van der Waals surface area (Å²) in [5.74, 6) is 0.550. The number of nitrogens with zero attached hydrogens (tertiary/aromatic N) is 5. The molecular weight excluding hydrogens is 376 g/mol. The average molecular weight is 398 g/mol. The lowest BCUT2D eigenvalue weighted by Crippen LogP contribution is -2.25. The smallest absolute Gasteiger partial charge is 0.272 e. The lowest BCUT2D eigenvalue weighted by Gasteiger charge is -2.10. The molecule has 0 saturated heterocycles. The van der Waals surface area contributed by atoms with Crippen LogP contribution in [0.5, 0.6) is 0 Å². The molecule has 0 bridgehead atoms. The Hall–Kier alpha value is -3.74. The summed E-state index contributed by atoms with van der Waals surface area (Å²) < 4.78 is 3.65. The summed E-state index contributed by atoms with van der Waals surface area (Å²) in [7, 11) is 0. The summed E-state index contributed by atoms with van der Waals surface area (Å²) in [6.07, 6.45) is 8.14. The van der Waals surface area contributed by atoms with Gasteiger partial charge < -0.3 is 5.32 Å². The first-order valence-electron chi connectivity index (χ1n) is 10.1. The van der Waals surface area contributed by atoms with Gasteiger partial charge >= 0.3 is 0 Å². The number of aromatic nitrogens is 5. The summed E-state index contributed by atoms with van der Waals surface area (Å²) in [6, 6.07) is 13.8. The Balaban J connectivity index is 1.42. The summed E-state index contributed by atoms with van der Waals surface area (Å²) in [6.45, 7) is 2.42.